The Morgan fingerprint density at radius 2 is 1.94 bits per heavy atom. The zero-order valence-corrected chi connectivity index (χ0v) is 11.3. The quantitative estimate of drug-likeness (QED) is 0.441. The maximum absolute atomic E-state index is 10.9. The fourth-order valence-electron chi connectivity index (χ4n) is 1.19. The molecule has 0 aliphatic heterocycles. The second-order valence-corrected chi connectivity index (χ2v) is 5.28. The summed E-state index contributed by atoms with van der Waals surface area (Å²) in [5.74, 6) is 0. The number of hydrogen-bond donors (Lipinski definition) is 3. The summed E-state index contributed by atoms with van der Waals surface area (Å²) < 4.78 is 30.8. The SMILES string of the molecule is C=CCc1c(N)cccc1S(=O)(=O)O.CC(C)O. The molecule has 1 rings (SSSR count). The molecule has 5 nitrogen and oxygen atoms in total. The van der Waals surface area contributed by atoms with Crippen LogP contribution in [0.2, 0.25) is 0 Å². The lowest BCUT2D eigenvalue weighted by atomic mass is 10.1. The Balaban J connectivity index is 0.000000631. The van der Waals surface area contributed by atoms with Crippen molar-refractivity contribution in [1.82, 2.24) is 0 Å². The van der Waals surface area contributed by atoms with Crippen LogP contribution in [-0.2, 0) is 16.5 Å². The van der Waals surface area contributed by atoms with Gasteiger partial charge in [-0.1, -0.05) is 12.1 Å². The van der Waals surface area contributed by atoms with Crippen LogP contribution in [0.3, 0.4) is 0 Å². The van der Waals surface area contributed by atoms with Crippen molar-refractivity contribution in [3.8, 4) is 0 Å². The van der Waals surface area contributed by atoms with Crippen LogP contribution in [0, 0.1) is 0 Å². The highest BCUT2D eigenvalue weighted by Crippen LogP contribution is 2.22. The summed E-state index contributed by atoms with van der Waals surface area (Å²) in [6.45, 7) is 6.93. The summed E-state index contributed by atoms with van der Waals surface area (Å²) in [7, 11) is -4.21. The molecule has 4 N–H and O–H groups in total. The van der Waals surface area contributed by atoms with Crippen LogP contribution in [-0.4, -0.2) is 24.2 Å². The Kier molecular flexibility index (Phi) is 6.61. The van der Waals surface area contributed by atoms with Gasteiger partial charge in [-0.3, -0.25) is 4.55 Å². The maximum atomic E-state index is 10.9. The van der Waals surface area contributed by atoms with Crippen LogP contribution < -0.4 is 5.73 Å². The third-order valence-electron chi connectivity index (χ3n) is 1.80. The normalized spacial score (nSPS) is 10.7. The molecule has 0 aliphatic carbocycles. The molecule has 0 aromatic heterocycles. The van der Waals surface area contributed by atoms with Crippen molar-refractivity contribution in [2.24, 2.45) is 0 Å². The molecule has 0 fully saturated rings. The first-order valence-electron chi connectivity index (χ1n) is 5.34. The molecule has 6 heteroatoms. The van der Waals surface area contributed by atoms with Crippen molar-refractivity contribution in [1.29, 1.82) is 0 Å². The van der Waals surface area contributed by atoms with Crippen molar-refractivity contribution in [2.45, 2.75) is 31.3 Å². The van der Waals surface area contributed by atoms with E-state index in [2.05, 4.69) is 6.58 Å². The van der Waals surface area contributed by atoms with E-state index in [-0.39, 0.29) is 11.0 Å². The first-order valence-corrected chi connectivity index (χ1v) is 6.78. The number of rotatable bonds is 3. The van der Waals surface area contributed by atoms with Gasteiger partial charge < -0.3 is 10.8 Å². The van der Waals surface area contributed by atoms with E-state index in [1.165, 1.54) is 18.2 Å². The summed E-state index contributed by atoms with van der Waals surface area (Å²) >= 11 is 0. The van der Waals surface area contributed by atoms with Crippen LogP contribution in [0.5, 0.6) is 0 Å². The Hall–Kier alpha value is -1.37. The smallest absolute Gasteiger partial charge is 0.294 e. The van der Waals surface area contributed by atoms with Gasteiger partial charge >= 0.3 is 0 Å². The highest BCUT2D eigenvalue weighted by Gasteiger charge is 2.15. The molecule has 0 amide bonds. The van der Waals surface area contributed by atoms with Gasteiger partial charge in [0.15, 0.2) is 0 Å². The lowest BCUT2D eigenvalue weighted by Crippen LogP contribution is -2.05. The third-order valence-corrected chi connectivity index (χ3v) is 2.73. The number of hydrogen-bond acceptors (Lipinski definition) is 4. The van der Waals surface area contributed by atoms with Gasteiger partial charge in [0.2, 0.25) is 0 Å². The van der Waals surface area contributed by atoms with Crippen molar-refractivity contribution >= 4 is 15.8 Å². The number of nitrogens with two attached hydrogens (primary N) is 1. The fourth-order valence-corrected chi connectivity index (χ4v) is 1.95. The molecular formula is C12H19NO4S. The maximum Gasteiger partial charge on any atom is 0.294 e. The highest BCUT2D eigenvalue weighted by molar-refractivity contribution is 7.85. The molecular weight excluding hydrogens is 254 g/mol. The molecule has 0 saturated heterocycles. The molecule has 0 heterocycles. The van der Waals surface area contributed by atoms with Crippen LogP contribution in [0.15, 0.2) is 35.7 Å². The van der Waals surface area contributed by atoms with Gasteiger partial charge in [0.25, 0.3) is 10.1 Å². The molecule has 0 spiro atoms. The van der Waals surface area contributed by atoms with Gasteiger partial charge in [-0.25, -0.2) is 0 Å². The average Bonchev–Trinajstić information content (AvgIpc) is 2.18. The van der Waals surface area contributed by atoms with E-state index in [1.807, 2.05) is 0 Å². The molecule has 18 heavy (non-hydrogen) atoms. The summed E-state index contributed by atoms with van der Waals surface area (Å²) in [5.41, 5.74) is 6.29. The second kappa shape index (κ2) is 7.15. The van der Waals surface area contributed by atoms with Crippen LogP contribution in [0.4, 0.5) is 5.69 Å². The minimum Gasteiger partial charge on any atom is -0.398 e. The van der Waals surface area contributed by atoms with Gasteiger partial charge in [0.1, 0.15) is 0 Å². The molecule has 0 aliphatic rings. The second-order valence-electron chi connectivity index (χ2n) is 3.89. The number of aliphatic hydroxyl groups is 1. The number of benzene rings is 1. The average molecular weight is 273 g/mol. The van der Waals surface area contributed by atoms with Crippen molar-refractivity contribution in [2.75, 3.05) is 5.73 Å². The first-order chi connectivity index (χ1) is 8.20. The van der Waals surface area contributed by atoms with E-state index in [0.717, 1.165) is 0 Å². The Bertz CT molecular complexity index is 492. The molecule has 0 radical (unpaired) electrons. The van der Waals surface area contributed by atoms with Crippen LogP contribution in [0.25, 0.3) is 0 Å². The van der Waals surface area contributed by atoms with Crippen LogP contribution >= 0.6 is 0 Å². The number of anilines is 1. The highest BCUT2D eigenvalue weighted by atomic mass is 32.2. The zero-order valence-electron chi connectivity index (χ0n) is 10.5. The third kappa shape index (κ3) is 5.81. The minimum atomic E-state index is -4.21. The summed E-state index contributed by atoms with van der Waals surface area (Å²) in [6, 6.07) is 4.36. The molecule has 102 valence electrons. The largest absolute Gasteiger partial charge is 0.398 e. The van der Waals surface area contributed by atoms with Crippen molar-refractivity contribution in [3.63, 3.8) is 0 Å². The van der Waals surface area contributed by atoms with Crippen LogP contribution in [0.1, 0.15) is 19.4 Å². The van der Waals surface area contributed by atoms with E-state index in [9.17, 15) is 8.42 Å². The lowest BCUT2D eigenvalue weighted by Gasteiger charge is -2.07. The first kappa shape index (κ1) is 16.6. The topological polar surface area (TPSA) is 101 Å². The zero-order chi connectivity index (χ0) is 14.3. The van der Waals surface area contributed by atoms with Gasteiger partial charge in [-0.05, 0) is 38.0 Å². The van der Waals surface area contributed by atoms with Gasteiger partial charge in [0, 0.05) is 11.8 Å². The monoisotopic (exact) mass is 273 g/mol. The van der Waals surface area contributed by atoms with E-state index >= 15 is 0 Å². The molecule has 1 aromatic carbocycles. The van der Waals surface area contributed by atoms with E-state index in [1.54, 1.807) is 19.9 Å². The lowest BCUT2D eigenvalue weighted by molar-refractivity contribution is 0.216. The molecule has 0 bridgehead atoms. The van der Waals surface area contributed by atoms with Crippen molar-refractivity contribution < 1.29 is 18.1 Å². The van der Waals surface area contributed by atoms with E-state index in [4.69, 9.17) is 15.4 Å². The van der Waals surface area contributed by atoms with Gasteiger partial charge in [0.05, 0.1) is 4.90 Å². The summed E-state index contributed by atoms with van der Waals surface area (Å²) in [5, 5.41) is 8.06. The molecule has 0 saturated carbocycles. The predicted octanol–water partition coefficient (Wildman–Crippen LogP) is 1.63. The Labute approximate surface area is 108 Å². The van der Waals surface area contributed by atoms with Gasteiger partial charge in [-0.2, -0.15) is 8.42 Å². The summed E-state index contributed by atoms with van der Waals surface area (Å²) in [6.07, 6.45) is 1.67. The molecule has 1 aromatic rings. The molecule has 0 unspecified atom stereocenters. The predicted molar refractivity (Wildman–Crippen MR) is 71.9 cm³/mol. The molecule has 0 atom stereocenters. The van der Waals surface area contributed by atoms with E-state index < -0.39 is 10.1 Å². The summed E-state index contributed by atoms with van der Waals surface area (Å²) in [4.78, 5) is -0.155. The number of allylic oxidation sites excluding steroid dienone is 1. The minimum absolute atomic E-state index is 0.155. The Morgan fingerprint density at radius 1 is 1.44 bits per heavy atom. The number of aliphatic hydroxyl groups excluding tert-OH is 1. The standard InChI is InChI=1S/C9H11NO3S.C3H8O/c1-2-4-7-8(10)5-3-6-9(7)14(11,12)13;1-3(2)4/h2-3,5-6H,1,4,10H2,(H,11,12,13);3-4H,1-2H3. The Morgan fingerprint density at radius 3 is 2.33 bits per heavy atom. The van der Waals surface area contributed by atoms with Crippen molar-refractivity contribution in [3.05, 3.63) is 36.4 Å². The van der Waals surface area contributed by atoms with Gasteiger partial charge in [-0.15, -0.1) is 6.58 Å². The number of nitrogen functional groups attached to an aromatic ring is 1. The fraction of sp³-hybridized carbons (Fsp3) is 0.333. The van der Waals surface area contributed by atoms with E-state index in [0.29, 0.717) is 17.7 Å².